The van der Waals surface area contributed by atoms with Gasteiger partial charge in [-0.3, -0.25) is 0 Å². The second kappa shape index (κ2) is 3.51. The molecule has 1 aliphatic carbocycles. The Morgan fingerprint density at radius 1 is 1.40 bits per heavy atom. The van der Waals surface area contributed by atoms with Gasteiger partial charge in [-0.05, 0) is 42.3 Å². The third-order valence-corrected chi connectivity index (χ3v) is 3.81. The van der Waals surface area contributed by atoms with Gasteiger partial charge in [-0.2, -0.15) is 11.3 Å². The number of fused-ring (bicyclic) bond motifs is 1. The molecule has 2 nitrogen and oxygen atoms in total. The molecule has 2 aromatic heterocycles. The van der Waals surface area contributed by atoms with Gasteiger partial charge in [-0.25, -0.2) is 0 Å². The van der Waals surface area contributed by atoms with E-state index in [1.54, 1.807) is 11.3 Å². The Morgan fingerprint density at radius 2 is 2.33 bits per heavy atom. The van der Waals surface area contributed by atoms with Gasteiger partial charge in [0.1, 0.15) is 0 Å². The van der Waals surface area contributed by atoms with Crippen LogP contribution in [0.1, 0.15) is 30.1 Å². The molecule has 15 heavy (non-hydrogen) atoms. The van der Waals surface area contributed by atoms with Crippen LogP contribution in [0.4, 0.5) is 0 Å². The van der Waals surface area contributed by atoms with Crippen LogP contribution in [-0.2, 0) is 6.42 Å². The number of aromatic nitrogens is 1. The highest BCUT2D eigenvalue weighted by Gasteiger charge is 2.20. The summed E-state index contributed by atoms with van der Waals surface area (Å²) in [6, 6.07) is 4.58. The molecule has 2 aromatic rings. The van der Waals surface area contributed by atoms with E-state index in [-0.39, 0.29) is 6.04 Å². The number of nitrogens with zero attached hydrogens (tertiary/aromatic N) is 1. The Bertz CT molecular complexity index is 456. The van der Waals surface area contributed by atoms with Gasteiger partial charge in [0.25, 0.3) is 0 Å². The third kappa shape index (κ3) is 1.43. The molecule has 0 aromatic carbocycles. The molecular formula is C12H14N2S. The molecule has 3 heteroatoms. The summed E-state index contributed by atoms with van der Waals surface area (Å²) in [6.07, 6.45) is 5.65. The molecule has 78 valence electrons. The Balaban J connectivity index is 2.11. The molecular weight excluding hydrogens is 204 g/mol. The van der Waals surface area contributed by atoms with Crippen LogP contribution in [0.3, 0.4) is 0 Å². The van der Waals surface area contributed by atoms with Crippen molar-refractivity contribution in [1.82, 2.24) is 4.57 Å². The van der Waals surface area contributed by atoms with Crippen LogP contribution in [-0.4, -0.2) is 4.57 Å². The summed E-state index contributed by atoms with van der Waals surface area (Å²) >= 11 is 1.74. The highest BCUT2D eigenvalue weighted by molar-refractivity contribution is 7.08. The fourth-order valence-corrected chi connectivity index (χ4v) is 2.99. The number of hydrogen-bond acceptors (Lipinski definition) is 2. The van der Waals surface area contributed by atoms with E-state index in [0.29, 0.717) is 0 Å². The van der Waals surface area contributed by atoms with Crippen molar-refractivity contribution in [1.29, 1.82) is 0 Å². The van der Waals surface area contributed by atoms with Gasteiger partial charge >= 0.3 is 0 Å². The summed E-state index contributed by atoms with van der Waals surface area (Å²) < 4.78 is 2.28. The van der Waals surface area contributed by atoms with Crippen molar-refractivity contribution >= 4 is 11.3 Å². The molecule has 0 aliphatic heterocycles. The maximum absolute atomic E-state index is 6.10. The lowest BCUT2D eigenvalue weighted by molar-refractivity contribution is 0.560. The Kier molecular flexibility index (Phi) is 2.15. The average molecular weight is 218 g/mol. The molecule has 0 spiro atoms. The zero-order valence-corrected chi connectivity index (χ0v) is 9.33. The molecule has 0 saturated carbocycles. The maximum Gasteiger partial charge on any atom is 0.0559 e. The Hall–Kier alpha value is -1.06. The molecule has 0 fully saturated rings. The highest BCUT2D eigenvalue weighted by Crippen LogP contribution is 2.30. The van der Waals surface area contributed by atoms with E-state index in [4.69, 9.17) is 5.73 Å². The van der Waals surface area contributed by atoms with Gasteiger partial charge in [0.15, 0.2) is 0 Å². The van der Waals surface area contributed by atoms with Gasteiger partial charge in [-0.15, -0.1) is 0 Å². The molecule has 2 N–H and O–H groups in total. The predicted octanol–water partition coefficient (Wildman–Crippen LogP) is 2.87. The molecule has 0 saturated heterocycles. The summed E-state index contributed by atoms with van der Waals surface area (Å²) in [5.41, 5.74) is 10.1. The predicted molar refractivity (Wildman–Crippen MR) is 63.5 cm³/mol. The minimum absolute atomic E-state index is 0.244. The summed E-state index contributed by atoms with van der Waals surface area (Å²) in [4.78, 5) is 0. The normalized spacial score (nSPS) is 20.2. The highest BCUT2D eigenvalue weighted by atomic mass is 32.1. The third-order valence-electron chi connectivity index (χ3n) is 3.14. The lowest BCUT2D eigenvalue weighted by atomic mass is 9.93. The van der Waals surface area contributed by atoms with Crippen molar-refractivity contribution in [3.8, 4) is 5.69 Å². The Labute approximate surface area is 93.3 Å². The smallest absolute Gasteiger partial charge is 0.0559 e. The topological polar surface area (TPSA) is 30.9 Å². The molecule has 1 aliphatic rings. The second-order valence-electron chi connectivity index (χ2n) is 4.07. The Morgan fingerprint density at radius 3 is 3.13 bits per heavy atom. The number of hydrogen-bond donors (Lipinski definition) is 1. The number of rotatable bonds is 1. The van der Waals surface area contributed by atoms with Crippen LogP contribution in [0.5, 0.6) is 0 Å². The lowest BCUT2D eigenvalue weighted by Crippen LogP contribution is -2.17. The van der Waals surface area contributed by atoms with Crippen molar-refractivity contribution in [2.75, 3.05) is 0 Å². The van der Waals surface area contributed by atoms with Gasteiger partial charge in [-0.1, -0.05) is 0 Å². The van der Waals surface area contributed by atoms with Crippen molar-refractivity contribution in [2.24, 2.45) is 5.73 Å². The van der Waals surface area contributed by atoms with Gasteiger partial charge in [0.05, 0.1) is 5.69 Å². The quantitative estimate of drug-likeness (QED) is 0.784. The summed E-state index contributed by atoms with van der Waals surface area (Å²) in [7, 11) is 0. The zero-order valence-electron chi connectivity index (χ0n) is 8.52. The van der Waals surface area contributed by atoms with E-state index in [2.05, 4.69) is 33.7 Å². The first-order chi connectivity index (χ1) is 7.36. The molecule has 3 rings (SSSR count). The van der Waals surface area contributed by atoms with E-state index in [1.807, 2.05) is 0 Å². The minimum atomic E-state index is 0.244. The van der Waals surface area contributed by atoms with E-state index in [9.17, 15) is 0 Å². The van der Waals surface area contributed by atoms with Crippen LogP contribution in [0.15, 0.2) is 29.1 Å². The van der Waals surface area contributed by atoms with Crippen LogP contribution in [0.2, 0.25) is 0 Å². The molecule has 1 atom stereocenters. The molecule has 2 heterocycles. The lowest BCUT2D eigenvalue weighted by Gasteiger charge is -2.20. The van der Waals surface area contributed by atoms with E-state index in [0.717, 1.165) is 12.8 Å². The number of nitrogens with two attached hydrogens (primary N) is 1. The van der Waals surface area contributed by atoms with Gasteiger partial charge in [0.2, 0.25) is 0 Å². The van der Waals surface area contributed by atoms with E-state index in [1.165, 1.54) is 23.4 Å². The minimum Gasteiger partial charge on any atom is -0.324 e. The summed E-state index contributed by atoms with van der Waals surface area (Å²) in [5, 5.41) is 4.30. The summed E-state index contributed by atoms with van der Waals surface area (Å²) in [5.74, 6) is 0. The molecule has 1 unspecified atom stereocenters. The molecule has 0 radical (unpaired) electrons. The van der Waals surface area contributed by atoms with Gasteiger partial charge in [0, 0.05) is 23.3 Å². The second-order valence-corrected chi connectivity index (χ2v) is 4.85. The molecule has 0 bridgehead atoms. The summed E-state index contributed by atoms with van der Waals surface area (Å²) in [6.45, 7) is 0. The number of thiophene rings is 1. The average Bonchev–Trinajstić information content (AvgIpc) is 2.85. The fourth-order valence-electron chi connectivity index (χ4n) is 2.36. The van der Waals surface area contributed by atoms with Crippen molar-refractivity contribution in [3.05, 3.63) is 40.3 Å². The monoisotopic (exact) mass is 218 g/mol. The van der Waals surface area contributed by atoms with Crippen molar-refractivity contribution in [3.63, 3.8) is 0 Å². The van der Waals surface area contributed by atoms with E-state index < -0.39 is 0 Å². The van der Waals surface area contributed by atoms with Crippen LogP contribution in [0.25, 0.3) is 5.69 Å². The standard InChI is InChI=1S/C12H14N2S/c13-11-2-1-3-12-10(11)4-6-14(12)9-5-7-15-8-9/h4-8,11H,1-3,13H2. The van der Waals surface area contributed by atoms with Crippen LogP contribution >= 0.6 is 11.3 Å². The maximum atomic E-state index is 6.10. The zero-order chi connectivity index (χ0) is 10.3. The van der Waals surface area contributed by atoms with Crippen LogP contribution < -0.4 is 5.73 Å². The first kappa shape index (κ1) is 9.19. The van der Waals surface area contributed by atoms with Crippen molar-refractivity contribution < 1.29 is 0 Å². The fraction of sp³-hybridized carbons (Fsp3) is 0.333. The van der Waals surface area contributed by atoms with Gasteiger partial charge < -0.3 is 10.3 Å². The van der Waals surface area contributed by atoms with Crippen LogP contribution in [0, 0.1) is 0 Å². The molecule has 0 amide bonds. The largest absolute Gasteiger partial charge is 0.324 e. The van der Waals surface area contributed by atoms with Crippen molar-refractivity contribution in [2.45, 2.75) is 25.3 Å². The van der Waals surface area contributed by atoms with E-state index >= 15 is 0 Å². The first-order valence-electron chi connectivity index (χ1n) is 5.34. The SMILES string of the molecule is NC1CCCc2c1ccn2-c1ccsc1. The first-order valence-corrected chi connectivity index (χ1v) is 6.29.